The van der Waals surface area contributed by atoms with E-state index in [0.717, 1.165) is 11.3 Å². The average Bonchev–Trinajstić information content (AvgIpc) is 3.03. The van der Waals surface area contributed by atoms with E-state index in [9.17, 15) is 4.79 Å². The normalized spacial score (nSPS) is 14.8. The van der Waals surface area contributed by atoms with E-state index in [-0.39, 0.29) is 11.6 Å². The number of rotatable bonds is 4. The molecule has 0 atom stereocenters. The lowest BCUT2D eigenvalue weighted by molar-refractivity contribution is -0.129. The first-order chi connectivity index (χ1) is 13.2. The highest BCUT2D eigenvalue weighted by Crippen LogP contribution is 2.26. The van der Waals surface area contributed by atoms with Crippen LogP contribution in [-0.4, -0.2) is 11.9 Å². The van der Waals surface area contributed by atoms with Crippen LogP contribution in [0.4, 0.5) is 0 Å². The Morgan fingerprint density at radius 2 is 1.63 bits per heavy atom. The van der Waals surface area contributed by atoms with Gasteiger partial charge >= 0.3 is 5.97 Å². The van der Waals surface area contributed by atoms with E-state index >= 15 is 0 Å². The highest BCUT2D eigenvalue weighted by molar-refractivity contribution is 6.34. The lowest BCUT2D eigenvalue weighted by Crippen LogP contribution is -2.05. The van der Waals surface area contributed by atoms with Crippen molar-refractivity contribution in [3.8, 4) is 11.5 Å². The van der Waals surface area contributed by atoms with Gasteiger partial charge in [0.1, 0.15) is 11.5 Å². The second-order valence-electron chi connectivity index (χ2n) is 5.80. The molecule has 4 rings (SSSR count). The van der Waals surface area contributed by atoms with Crippen LogP contribution in [-0.2, 0) is 9.53 Å². The van der Waals surface area contributed by atoms with E-state index in [4.69, 9.17) is 21.1 Å². The minimum absolute atomic E-state index is 0.202. The zero-order valence-electron chi connectivity index (χ0n) is 14.1. The molecule has 27 heavy (non-hydrogen) atoms. The topological polar surface area (TPSA) is 47.9 Å². The summed E-state index contributed by atoms with van der Waals surface area (Å²) < 4.78 is 11.1. The van der Waals surface area contributed by atoms with E-state index in [2.05, 4.69) is 4.99 Å². The van der Waals surface area contributed by atoms with E-state index in [1.807, 2.05) is 60.7 Å². The van der Waals surface area contributed by atoms with Crippen LogP contribution in [0.5, 0.6) is 11.5 Å². The van der Waals surface area contributed by atoms with Crippen LogP contribution >= 0.6 is 11.6 Å². The predicted molar refractivity (Wildman–Crippen MR) is 105 cm³/mol. The maximum atomic E-state index is 12.2. The minimum atomic E-state index is -0.515. The van der Waals surface area contributed by atoms with E-state index in [1.54, 1.807) is 24.3 Å². The molecule has 0 N–H and O–H groups in total. The number of carbonyl (C=O) groups excluding carboxylic acids is 1. The second kappa shape index (κ2) is 7.48. The number of carbonyl (C=O) groups is 1. The monoisotopic (exact) mass is 375 g/mol. The molecule has 0 saturated heterocycles. The smallest absolute Gasteiger partial charge is 0.363 e. The van der Waals surface area contributed by atoms with Crippen LogP contribution in [0, 0.1) is 0 Å². The lowest BCUT2D eigenvalue weighted by Gasteiger charge is -2.05. The number of benzene rings is 3. The number of cyclic esters (lactones) is 1. The van der Waals surface area contributed by atoms with Crippen LogP contribution in [0.1, 0.15) is 11.1 Å². The molecule has 1 aliphatic rings. The summed E-state index contributed by atoms with van der Waals surface area (Å²) in [6.07, 6.45) is 1.66. The van der Waals surface area contributed by atoms with E-state index in [1.165, 1.54) is 0 Å². The van der Waals surface area contributed by atoms with Gasteiger partial charge in [-0.05, 0) is 48.0 Å². The number of hydrogen-bond acceptors (Lipinski definition) is 4. The Hall–Kier alpha value is -3.37. The standard InChI is InChI=1S/C22H14ClNO3/c23-19-12-5-4-11-18(19)21-24-20(22(25)27-21)14-15-7-6-10-17(13-15)26-16-8-2-1-3-9-16/h1-14H/b20-14-. The third kappa shape index (κ3) is 3.91. The molecular weight excluding hydrogens is 362 g/mol. The molecule has 0 saturated carbocycles. The number of para-hydroxylation sites is 1. The largest absolute Gasteiger partial charge is 0.457 e. The van der Waals surface area contributed by atoms with Gasteiger partial charge in [0.2, 0.25) is 5.90 Å². The molecule has 0 aliphatic carbocycles. The third-order valence-corrected chi connectivity index (χ3v) is 4.19. The molecule has 132 valence electrons. The molecule has 0 aromatic heterocycles. The summed E-state index contributed by atoms with van der Waals surface area (Å²) in [5.74, 6) is 1.09. The van der Waals surface area contributed by atoms with Gasteiger partial charge in [-0.2, -0.15) is 0 Å². The minimum Gasteiger partial charge on any atom is -0.457 e. The number of ether oxygens (including phenoxy) is 2. The van der Waals surface area contributed by atoms with Gasteiger partial charge in [0.05, 0.1) is 10.6 Å². The van der Waals surface area contributed by atoms with Crippen molar-refractivity contribution in [3.63, 3.8) is 0 Å². The van der Waals surface area contributed by atoms with Crippen molar-refractivity contribution >= 4 is 29.5 Å². The van der Waals surface area contributed by atoms with Gasteiger partial charge in [0.15, 0.2) is 5.70 Å². The summed E-state index contributed by atoms with van der Waals surface area (Å²) in [5.41, 5.74) is 1.57. The van der Waals surface area contributed by atoms with Crippen LogP contribution in [0.25, 0.3) is 6.08 Å². The molecule has 1 heterocycles. The van der Waals surface area contributed by atoms with Crippen LogP contribution < -0.4 is 4.74 Å². The van der Waals surface area contributed by atoms with Crippen molar-refractivity contribution in [1.82, 2.24) is 0 Å². The first-order valence-corrected chi connectivity index (χ1v) is 8.67. The van der Waals surface area contributed by atoms with E-state index in [0.29, 0.717) is 16.3 Å². The average molecular weight is 376 g/mol. The Morgan fingerprint density at radius 3 is 2.44 bits per heavy atom. The Bertz CT molecular complexity index is 1060. The Labute approximate surface area is 161 Å². The molecule has 3 aromatic rings. The molecule has 5 heteroatoms. The molecule has 0 spiro atoms. The molecule has 1 aliphatic heterocycles. The summed E-state index contributed by atoms with van der Waals surface area (Å²) in [6.45, 7) is 0. The molecule has 4 nitrogen and oxygen atoms in total. The van der Waals surface area contributed by atoms with Crippen molar-refractivity contribution in [2.24, 2.45) is 4.99 Å². The molecule has 0 radical (unpaired) electrons. The molecular formula is C22H14ClNO3. The summed E-state index contributed by atoms with van der Waals surface area (Å²) in [5, 5.41) is 0.476. The van der Waals surface area contributed by atoms with Crippen molar-refractivity contribution in [2.75, 3.05) is 0 Å². The number of aliphatic imine (C=N–C) groups is 1. The zero-order valence-corrected chi connectivity index (χ0v) is 14.9. The van der Waals surface area contributed by atoms with Crippen molar-refractivity contribution in [2.45, 2.75) is 0 Å². The fourth-order valence-electron chi connectivity index (χ4n) is 2.61. The predicted octanol–water partition coefficient (Wildman–Crippen LogP) is 5.48. The Morgan fingerprint density at radius 1 is 0.889 bits per heavy atom. The SMILES string of the molecule is O=C1OC(c2ccccc2Cl)=N/C1=C\c1cccc(Oc2ccccc2)c1. The number of hydrogen-bond donors (Lipinski definition) is 0. The van der Waals surface area contributed by atoms with Gasteiger partial charge < -0.3 is 9.47 Å². The maximum absolute atomic E-state index is 12.2. The molecule has 0 amide bonds. The van der Waals surface area contributed by atoms with Crippen LogP contribution in [0.15, 0.2) is 89.6 Å². The summed E-state index contributed by atoms with van der Waals surface area (Å²) >= 11 is 6.15. The van der Waals surface area contributed by atoms with Crippen LogP contribution in [0.3, 0.4) is 0 Å². The zero-order chi connectivity index (χ0) is 18.6. The Kier molecular flexibility index (Phi) is 4.73. The molecule has 3 aromatic carbocycles. The summed E-state index contributed by atoms with van der Waals surface area (Å²) in [4.78, 5) is 16.5. The van der Waals surface area contributed by atoms with Gasteiger partial charge in [0, 0.05) is 0 Å². The van der Waals surface area contributed by atoms with Crippen molar-refractivity contribution in [3.05, 3.63) is 101 Å². The summed E-state index contributed by atoms with van der Waals surface area (Å²) in [7, 11) is 0. The first kappa shape index (κ1) is 17.1. The summed E-state index contributed by atoms with van der Waals surface area (Å²) in [6, 6.07) is 24.0. The fraction of sp³-hybridized carbons (Fsp3) is 0. The van der Waals surface area contributed by atoms with E-state index < -0.39 is 5.97 Å². The number of esters is 1. The van der Waals surface area contributed by atoms with Crippen LogP contribution in [0.2, 0.25) is 5.02 Å². The molecule has 0 unspecified atom stereocenters. The van der Waals surface area contributed by atoms with Gasteiger partial charge in [-0.25, -0.2) is 9.79 Å². The lowest BCUT2D eigenvalue weighted by atomic mass is 10.2. The third-order valence-electron chi connectivity index (χ3n) is 3.87. The number of nitrogens with zero attached hydrogens (tertiary/aromatic N) is 1. The second-order valence-corrected chi connectivity index (χ2v) is 6.21. The first-order valence-electron chi connectivity index (χ1n) is 8.29. The van der Waals surface area contributed by atoms with Crippen molar-refractivity contribution in [1.29, 1.82) is 0 Å². The number of halogens is 1. The van der Waals surface area contributed by atoms with Gasteiger partial charge in [0.25, 0.3) is 0 Å². The van der Waals surface area contributed by atoms with Gasteiger partial charge in [-0.15, -0.1) is 0 Å². The molecule has 0 fully saturated rings. The van der Waals surface area contributed by atoms with Gasteiger partial charge in [-0.1, -0.05) is 54.1 Å². The Balaban J connectivity index is 1.61. The molecule has 0 bridgehead atoms. The van der Waals surface area contributed by atoms with Gasteiger partial charge in [-0.3, -0.25) is 0 Å². The fourth-order valence-corrected chi connectivity index (χ4v) is 2.83. The van der Waals surface area contributed by atoms with Crippen molar-refractivity contribution < 1.29 is 14.3 Å². The highest BCUT2D eigenvalue weighted by Gasteiger charge is 2.25. The quantitative estimate of drug-likeness (QED) is 0.448. The maximum Gasteiger partial charge on any atom is 0.363 e. The highest BCUT2D eigenvalue weighted by atomic mass is 35.5.